The molecule has 39 heavy (non-hydrogen) atoms. The van der Waals surface area contributed by atoms with E-state index in [1.807, 2.05) is 24.3 Å². The van der Waals surface area contributed by atoms with Crippen LogP contribution in [-0.2, 0) is 10.2 Å². The quantitative estimate of drug-likeness (QED) is 0.172. The van der Waals surface area contributed by atoms with Crippen molar-refractivity contribution in [3.63, 3.8) is 0 Å². The van der Waals surface area contributed by atoms with Crippen LogP contribution in [-0.4, -0.2) is 32.5 Å². The predicted molar refractivity (Wildman–Crippen MR) is 162 cm³/mol. The van der Waals surface area contributed by atoms with Gasteiger partial charge in [0.2, 0.25) is 0 Å². The number of halogens is 1. The molecular weight excluding hydrogens is 510 g/mol. The molecule has 1 unspecified atom stereocenters. The van der Waals surface area contributed by atoms with E-state index in [1.165, 1.54) is 64.2 Å². The summed E-state index contributed by atoms with van der Waals surface area (Å²) in [6.45, 7) is 11.2. The average Bonchev–Trinajstić information content (AvgIpc) is 3.46. The van der Waals surface area contributed by atoms with Gasteiger partial charge in [0, 0.05) is 16.7 Å². The van der Waals surface area contributed by atoms with Crippen LogP contribution in [0.1, 0.15) is 117 Å². The molecule has 7 nitrogen and oxygen atoms in total. The molecule has 3 aromatic rings. The lowest BCUT2D eigenvalue weighted by Crippen LogP contribution is -2.19. The van der Waals surface area contributed by atoms with Crippen LogP contribution in [0.2, 0.25) is 5.02 Å². The van der Waals surface area contributed by atoms with E-state index in [9.17, 15) is 4.79 Å². The van der Waals surface area contributed by atoms with Gasteiger partial charge in [-0.15, -0.1) is 5.10 Å². The largest absolute Gasteiger partial charge is 0.449 e. The van der Waals surface area contributed by atoms with Crippen molar-refractivity contribution in [1.82, 2.24) is 19.8 Å². The van der Waals surface area contributed by atoms with Gasteiger partial charge < -0.3 is 4.74 Å². The van der Waals surface area contributed by atoms with E-state index in [0.717, 1.165) is 24.1 Å². The zero-order chi connectivity index (χ0) is 28.3. The number of nitrogens with one attached hydrogen (secondary N) is 2. The number of ether oxygens (including phenoxy) is 1. The molecule has 0 saturated carbocycles. The Morgan fingerprint density at radius 2 is 1.56 bits per heavy atom. The second kappa shape index (κ2) is 15.3. The normalized spacial score (nSPS) is 12.7. The Morgan fingerprint density at radius 3 is 2.15 bits per heavy atom. The van der Waals surface area contributed by atoms with Crippen LogP contribution in [0.15, 0.2) is 24.3 Å². The Balaban J connectivity index is 1.51. The van der Waals surface area contributed by atoms with Crippen LogP contribution in [0.4, 0.5) is 10.5 Å². The summed E-state index contributed by atoms with van der Waals surface area (Å²) in [4.78, 5) is 17.2. The van der Waals surface area contributed by atoms with Gasteiger partial charge in [-0.1, -0.05) is 110 Å². The van der Waals surface area contributed by atoms with Crippen LogP contribution in [0.5, 0.6) is 0 Å². The van der Waals surface area contributed by atoms with Crippen LogP contribution in [0.3, 0.4) is 0 Å². The summed E-state index contributed by atoms with van der Waals surface area (Å²) in [6.07, 6.45) is 14.6. The van der Waals surface area contributed by atoms with Gasteiger partial charge in [-0.3, -0.25) is 10.4 Å². The summed E-state index contributed by atoms with van der Waals surface area (Å²) in [7, 11) is 0. The van der Waals surface area contributed by atoms with E-state index in [2.05, 4.69) is 55.1 Å². The molecule has 1 aromatic carbocycles. The highest BCUT2D eigenvalue weighted by atomic mass is 35.5. The fraction of sp³-hybridized carbons (Fsp3) is 0.645. The summed E-state index contributed by atoms with van der Waals surface area (Å²) in [5, 5.41) is 11.2. The van der Waals surface area contributed by atoms with E-state index in [4.69, 9.17) is 16.3 Å². The fourth-order valence-corrected chi connectivity index (χ4v) is 5.30. The van der Waals surface area contributed by atoms with Crippen molar-refractivity contribution in [2.75, 3.05) is 11.9 Å². The highest BCUT2D eigenvalue weighted by Crippen LogP contribution is 2.32. The maximum absolute atomic E-state index is 12.5. The van der Waals surface area contributed by atoms with Gasteiger partial charge >= 0.3 is 6.09 Å². The van der Waals surface area contributed by atoms with Crippen molar-refractivity contribution in [2.45, 2.75) is 117 Å². The van der Waals surface area contributed by atoms with Gasteiger partial charge in [0.15, 0.2) is 11.5 Å². The number of amides is 1. The van der Waals surface area contributed by atoms with E-state index < -0.39 is 6.09 Å². The monoisotopic (exact) mass is 557 g/mol. The minimum atomic E-state index is -0.404. The summed E-state index contributed by atoms with van der Waals surface area (Å²) >= 11 is 6.56. The topological polar surface area (TPSA) is 84.3 Å². The maximum Gasteiger partial charge on any atom is 0.411 e. The first-order valence-corrected chi connectivity index (χ1v) is 15.3. The van der Waals surface area contributed by atoms with Gasteiger partial charge in [0.1, 0.15) is 5.02 Å². The second-order valence-corrected chi connectivity index (χ2v) is 12.2. The third-order valence-corrected chi connectivity index (χ3v) is 7.62. The molecule has 1 atom stereocenters. The third kappa shape index (κ3) is 9.55. The molecule has 216 valence electrons. The van der Waals surface area contributed by atoms with Gasteiger partial charge in [0.25, 0.3) is 0 Å². The molecule has 0 aliphatic heterocycles. The first kappa shape index (κ1) is 31.0. The Kier molecular flexibility index (Phi) is 12.2. The molecule has 2 aromatic heterocycles. The summed E-state index contributed by atoms with van der Waals surface area (Å²) in [5.74, 6) is 1.00. The van der Waals surface area contributed by atoms with Crippen molar-refractivity contribution < 1.29 is 9.53 Å². The van der Waals surface area contributed by atoms with Crippen molar-refractivity contribution >= 4 is 29.0 Å². The molecule has 0 fully saturated rings. The van der Waals surface area contributed by atoms with Crippen molar-refractivity contribution in [3.8, 4) is 11.4 Å². The molecular formula is C31H48ClN5O2. The molecule has 0 saturated heterocycles. The van der Waals surface area contributed by atoms with Gasteiger partial charge in [-0.25, -0.2) is 9.78 Å². The molecule has 0 aliphatic rings. The standard InChI is InChI=1S/C31H48ClN5O2/c1-6-8-10-12-13-15-17-23(16-14-11-9-7-2)22-39-30(38)33-25-20-18-24(19-21-25)28-34-29-26(32)27(31(3,4)5)35-37(29)36-28/h18-21,23,35H,6-17,22H2,1-5H3,(H,33,38). The lowest BCUT2D eigenvalue weighted by Gasteiger charge is -2.17. The molecule has 1 amide bonds. The first-order chi connectivity index (χ1) is 18.7. The smallest absolute Gasteiger partial charge is 0.411 e. The number of aromatic nitrogens is 4. The van der Waals surface area contributed by atoms with E-state index in [-0.39, 0.29) is 5.41 Å². The number of aromatic amines is 1. The number of hydrogen-bond donors (Lipinski definition) is 2. The molecule has 2 N–H and O–H groups in total. The van der Waals surface area contributed by atoms with E-state index in [0.29, 0.717) is 34.7 Å². The number of rotatable bonds is 16. The van der Waals surface area contributed by atoms with Crippen LogP contribution >= 0.6 is 11.6 Å². The van der Waals surface area contributed by atoms with Crippen molar-refractivity contribution in [2.24, 2.45) is 5.92 Å². The second-order valence-electron chi connectivity index (χ2n) is 11.8. The fourth-order valence-electron chi connectivity index (χ4n) is 4.85. The molecule has 0 spiro atoms. The molecule has 0 bridgehead atoms. The molecule has 0 aliphatic carbocycles. The van der Waals surface area contributed by atoms with Crippen LogP contribution in [0.25, 0.3) is 17.0 Å². The lowest BCUT2D eigenvalue weighted by molar-refractivity contribution is 0.133. The number of carbonyl (C=O) groups excluding carboxylic acids is 1. The van der Waals surface area contributed by atoms with E-state index in [1.54, 1.807) is 4.63 Å². The SMILES string of the molecule is CCCCCCCCC(CCCCCC)COC(=O)Nc1ccc(-c2nc3c(Cl)c(C(C)(C)C)[nH]n3n2)cc1. The Hall–Kier alpha value is -2.54. The predicted octanol–water partition coefficient (Wildman–Crippen LogP) is 9.56. The number of H-pyrrole nitrogens is 1. The van der Waals surface area contributed by atoms with Crippen molar-refractivity contribution in [3.05, 3.63) is 35.0 Å². The maximum atomic E-state index is 12.5. The number of benzene rings is 1. The lowest BCUT2D eigenvalue weighted by atomic mass is 9.92. The Bertz CT molecular complexity index is 1150. The van der Waals surface area contributed by atoms with Gasteiger partial charge in [0.05, 0.1) is 12.3 Å². The number of hydrogen-bond acceptors (Lipinski definition) is 4. The molecule has 3 rings (SSSR count). The molecule has 8 heteroatoms. The third-order valence-electron chi connectivity index (χ3n) is 7.26. The molecule has 0 radical (unpaired) electrons. The highest BCUT2D eigenvalue weighted by Gasteiger charge is 2.24. The summed E-state index contributed by atoms with van der Waals surface area (Å²) in [5.41, 5.74) is 2.89. The Morgan fingerprint density at radius 1 is 0.974 bits per heavy atom. The minimum Gasteiger partial charge on any atom is -0.449 e. The number of unbranched alkanes of at least 4 members (excludes halogenated alkanes) is 8. The van der Waals surface area contributed by atoms with Gasteiger partial charge in [-0.05, 0) is 43.0 Å². The number of fused-ring (bicyclic) bond motifs is 1. The highest BCUT2D eigenvalue weighted by molar-refractivity contribution is 6.34. The number of carbonyl (C=O) groups is 1. The first-order valence-electron chi connectivity index (χ1n) is 14.9. The number of anilines is 1. The zero-order valence-electron chi connectivity index (χ0n) is 24.6. The number of nitrogens with zero attached hydrogens (tertiary/aromatic N) is 3. The average molecular weight is 558 g/mol. The zero-order valence-corrected chi connectivity index (χ0v) is 25.4. The van der Waals surface area contributed by atoms with Crippen LogP contribution < -0.4 is 5.32 Å². The molecule has 2 heterocycles. The Labute approximate surface area is 239 Å². The van der Waals surface area contributed by atoms with Crippen molar-refractivity contribution in [1.29, 1.82) is 0 Å². The van der Waals surface area contributed by atoms with Gasteiger partial charge in [-0.2, -0.15) is 4.63 Å². The minimum absolute atomic E-state index is 0.134. The van der Waals surface area contributed by atoms with E-state index >= 15 is 0 Å². The van der Waals surface area contributed by atoms with Crippen LogP contribution in [0, 0.1) is 5.92 Å². The summed E-state index contributed by atoms with van der Waals surface area (Å²) < 4.78 is 7.28. The summed E-state index contributed by atoms with van der Waals surface area (Å²) in [6, 6.07) is 7.45.